The minimum absolute atomic E-state index is 0.580. The summed E-state index contributed by atoms with van der Waals surface area (Å²) >= 11 is 0. The number of H-pyrrole nitrogens is 1. The zero-order valence-corrected chi connectivity index (χ0v) is 14.6. The summed E-state index contributed by atoms with van der Waals surface area (Å²) in [5, 5.41) is 10.9. The van der Waals surface area contributed by atoms with Gasteiger partial charge in [-0.3, -0.25) is 5.10 Å². The average Bonchev–Trinajstić information content (AvgIpc) is 3.24. The summed E-state index contributed by atoms with van der Waals surface area (Å²) in [4.78, 5) is 9.16. The molecule has 0 aliphatic heterocycles. The Hall–Kier alpha value is -3.15. The van der Waals surface area contributed by atoms with Crippen molar-refractivity contribution in [1.82, 2.24) is 24.6 Å². The summed E-state index contributed by atoms with van der Waals surface area (Å²) in [6.07, 6.45) is 6.41. The van der Waals surface area contributed by atoms with Crippen LogP contribution in [0.3, 0.4) is 0 Å². The van der Waals surface area contributed by atoms with Crippen molar-refractivity contribution >= 4 is 11.3 Å². The fourth-order valence-corrected chi connectivity index (χ4v) is 3.24. The predicted octanol–water partition coefficient (Wildman–Crippen LogP) is 3.92. The SMILES string of the molecule is Cc1cccn2c(CNc3cccc(-c4n[nH]c(C5CC5)n4)c3)cnc12. The number of nitrogens with one attached hydrogen (secondary N) is 2. The van der Waals surface area contributed by atoms with Crippen molar-refractivity contribution in [2.75, 3.05) is 5.32 Å². The molecule has 26 heavy (non-hydrogen) atoms. The van der Waals surface area contributed by atoms with Gasteiger partial charge in [0.2, 0.25) is 0 Å². The van der Waals surface area contributed by atoms with Crippen molar-refractivity contribution in [2.24, 2.45) is 0 Å². The van der Waals surface area contributed by atoms with Gasteiger partial charge in [-0.1, -0.05) is 18.2 Å². The van der Waals surface area contributed by atoms with Crippen LogP contribution in [0.2, 0.25) is 0 Å². The summed E-state index contributed by atoms with van der Waals surface area (Å²) in [6.45, 7) is 2.78. The van der Waals surface area contributed by atoms with Crippen LogP contribution < -0.4 is 5.32 Å². The lowest BCUT2D eigenvalue weighted by atomic mass is 10.2. The second kappa shape index (κ2) is 5.98. The number of hydrogen-bond donors (Lipinski definition) is 2. The van der Waals surface area contributed by atoms with Crippen molar-refractivity contribution in [3.05, 3.63) is 65.9 Å². The number of hydrogen-bond acceptors (Lipinski definition) is 4. The molecule has 2 N–H and O–H groups in total. The Bertz CT molecular complexity index is 1070. The van der Waals surface area contributed by atoms with E-state index in [1.165, 1.54) is 18.4 Å². The maximum atomic E-state index is 4.64. The van der Waals surface area contributed by atoms with Gasteiger partial charge in [0.25, 0.3) is 0 Å². The van der Waals surface area contributed by atoms with Crippen LogP contribution in [0.25, 0.3) is 17.0 Å². The monoisotopic (exact) mass is 344 g/mol. The maximum absolute atomic E-state index is 4.64. The molecule has 4 aromatic rings. The van der Waals surface area contributed by atoms with E-state index in [1.54, 1.807) is 0 Å². The molecule has 1 fully saturated rings. The van der Waals surface area contributed by atoms with Crippen LogP contribution in [0.15, 0.2) is 48.8 Å². The third-order valence-corrected chi connectivity index (χ3v) is 4.87. The number of benzene rings is 1. The molecule has 1 aliphatic carbocycles. The molecule has 1 aromatic carbocycles. The standard InChI is InChI=1S/C20H20N6/c1-13-4-3-9-26-17(12-22-20(13)26)11-21-16-6-2-5-15(10-16)19-23-18(24-25-19)14-7-8-14/h2-6,9-10,12,14,21H,7-8,11H2,1H3,(H,23,24,25). The van der Waals surface area contributed by atoms with Crippen molar-refractivity contribution in [1.29, 1.82) is 0 Å². The second-order valence-corrected chi connectivity index (χ2v) is 6.89. The molecule has 0 spiro atoms. The molecule has 6 heteroatoms. The van der Waals surface area contributed by atoms with E-state index in [0.29, 0.717) is 12.5 Å². The lowest BCUT2D eigenvalue weighted by Crippen LogP contribution is -2.03. The number of aromatic amines is 1. The largest absolute Gasteiger partial charge is 0.379 e. The Balaban J connectivity index is 1.36. The molecule has 0 radical (unpaired) electrons. The van der Waals surface area contributed by atoms with Gasteiger partial charge in [0.1, 0.15) is 11.5 Å². The topological polar surface area (TPSA) is 70.9 Å². The normalized spacial score (nSPS) is 14.0. The van der Waals surface area contributed by atoms with E-state index < -0.39 is 0 Å². The first-order chi connectivity index (χ1) is 12.8. The fraction of sp³-hybridized carbons (Fsp3) is 0.250. The Morgan fingerprint density at radius 1 is 1.23 bits per heavy atom. The highest BCUT2D eigenvalue weighted by Gasteiger charge is 2.27. The molecular formula is C20H20N6. The average molecular weight is 344 g/mol. The van der Waals surface area contributed by atoms with Gasteiger partial charge in [-0.2, -0.15) is 5.10 Å². The van der Waals surface area contributed by atoms with Crippen LogP contribution in [-0.4, -0.2) is 24.6 Å². The molecule has 1 aliphatic rings. The molecule has 130 valence electrons. The Morgan fingerprint density at radius 2 is 2.15 bits per heavy atom. The Morgan fingerprint density at radius 3 is 3.04 bits per heavy atom. The second-order valence-electron chi connectivity index (χ2n) is 6.89. The van der Waals surface area contributed by atoms with Gasteiger partial charge in [-0.25, -0.2) is 9.97 Å². The van der Waals surface area contributed by atoms with Crippen LogP contribution in [0.1, 0.15) is 35.8 Å². The lowest BCUT2D eigenvalue weighted by molar-refractivity contribution is 0.935. The predicted molar refractivity (Wildman–Crippen MR) is 101 cm³/mol. The smallest absolute Gasteiger partial charge is 0.181 e. The number of aryl methyl sites for hydroxylation is 1. The number of nitrogens with zero attached hydrogens (tertiary/aromatic N) is 4. The minimum Gasteiger partial charge on any atom is -0.379 e. The van der Waals surface area contributed by atoms with Gasteiger partial charge in [-0.15, -0.1) is 0 Å². The number of anilines is 1. The molecule has 0 saturated heterocycles. The highest BCUT2D eigenvalue weighted by molar-refractivity contribution is 5.62. The molecule has 0 bridgehead atoms. The number of fused-ring (bicyclic) bond motifs is 1. The summed E-state index contributed by atoms with van der Waals surface area (Å²) < 4.78 is 2.13. The molecule has 3 heterocycles. The first-order valence-electron chi connectivity index (χ1n) is 8.96. The van der Waals surface area contributed by atoms with E-state index in [-0.39, 0.29) is 0 Å². The number of imidazole rings is 1. The van der Waals surface area contributed by atoms with E-state index in [9.17, 15) is 0 Å². The fourth-order valence-electron chi connectivity index (χ4n) is 3.24. The van der Waals surface area contributed by atoms with E-state index >= 15 is 0 Å². The van der Waals surface area contributed by atoms with Crippen LogP contribution in [0, 0.1) is 6.92 Å². The van der Waals surface area contributed by atoms with Gasteiger partial charge in [0.05, 0.1) is 18.4 Å². The van der Waals surface area contributed by atoms with Crippen molar-refractivity contribution in [2.45, 2.75) is 32.2 Å². The summed E-state index contributed by atoms with van der Waals surface area (Å²) in [6, 6.07) is 12.4. The van der Waals surface area contributed by atoms with Crippen LogP contribution >= 0.6 is 0 Å². The van der Waals surface area contributed by atoms with E-state index in [2.05, 4.69) is 67.3 Å². The third kappa shape index (κ3) is 2.73. The summed E-state index contributed by atoms with van der Waals surface area (Å²) in [5.41, 5.74) is 5.38. The highest BCUT2D eigenvalue weighted by Crippen LogP contribution is 2.38. The van der Waals surface area contributed by atoms with Gasteiger partial charge in [0, 0.05) is 23.4 Å². The van der Waals surface area contributed by atoms with Gasteiger partial charge in [-0.05, 0) is 43.5 Å². The quantitative estimate of drug-likeness (QED) is 0.576. The zero-order chi connectivity index (χ0) is 17.5. The lowest BCUT2D eigenvalue weighted by Gasteiger charge is -2.08. The number of pyridine rings is 1. The molecule has 1 saturated carbocycles. The molecule has 6 nitrogen and oxygen atoms in total. The molecule has 5 rings (SSSR count). The first kappa shape index (κ1) is 15.1. The van der Waals surface area contributed by atoms with Crippen molar-refractivity contribution in [3.8, 4) is 11.4 Å². The van der Waals surface area contributed by atoms with Gasteiger partial charge in [0.15, 0.2) is 5.82 Å². The van der Waals surface area contributed by atoms with Gasteiger partial charge < -0.3 is 9.72 Å². The Kier molecular flexibility index (Phi) is 3.48. The molecule has 0 unspecified atom stereocenters. The van der Waals surface area contributed by atoms with Crippen molar-refractivity contribution in [3.63, 3.8) is 0 Å². The third-order valence-electron chi connectivity index (χ3n) is 4.87. The summed E-state index contributed by atoms with van der Waals surface area (Å²) in [7, 11) is 0. The molecular weight excluding hydrogens is 324 g/mol. The number of rotatable bonds is 5. The first-order valence-corrected chi connectivity index (χ1v) is 8.96. The summed E-state index contributed by atoms with van der Waals surface area (Å²) in [5.74, 6) is 2.36. The minimum atomic E-state index is 0.580. The number of aromatic nitrogens is 5. The van der Waals surface area contributed by atoms with E-state index in [1.807, 2.05) is 18.3 Å². The molecule has 0 amide bonds. The van der Waals surface area contributed by atoms with Crippen LogP contribution in [-0.2, 0) is 6.54 Å². The van der Waals surface area contributed by atoms with Crippen molar-refractivity contribution < 1.29 is 0 Å². The molecule has 0 atom stereocenters. The zero-order valence-electron chi connectivity index (χ0n) is 14.6. The highest BCUT2D eigenvalue weighted by atomic mass is 15.2. The van der Waals surface area contributed by atoms with E-state index in [0.717, 1.165) is 34.2 Å². The molecule has 3 aromatic heterocycles. The Labute approximate surface area is 151 Å². The maximum Gasteiger partial charge on any atom is 0.181 e. The van der Waals surface area contributed by atoms with Gasteiger partial charge >= 0.3 is 0 Å². The van der Waals surface area contributed by atoms with Crippen LogP contribution in [0.4, 0.5) is 5.69 Å². The van der Waals surface area contributed by atoms with Crippen LogP contribution in [0.5, 0.6) is 0 Å². The van der Waals surface area contributed by atoms with E-state index in [4.69, 9.17) is 0 Å².